The van der Waals surface area contributed by atoms with E-state index >= 15 is 0 Å². The number of hydrogen-bond acceptors (Lipinski definition) is 5. The quantitative estimate of drug-likeness (QED) is 0.777. The van der Waals surface area contributed by atoms with Crippen LogP contribution >= 0.6 is 0 Å². The number of aliphatic hydroxyl groups is 1. The minimum atomic E-state index is -0.576. The average molecular weight is 273 g/mol. The summed E-state index contributed by atoms with van der Waals surface area (Å²) in [6, 6.07) is 0. The molecule has 6 nitrogen and oxygen atoms in total. The van der Waals surface area contributed by atoms with Gasteiger partial charge in [0.2, 0.25) is 0 Å². The maximum Gasteiger partial charge on any atom is 0.410 e. The van der Waals surface area contributed by atoms with E-state index in [1.165, 1.54) is 4.90 Å². The molecule has 1 amide bonds. The average Bonchev–Trinajstić information content (AvgIpc) is 2.71. The lowest BCUT2D eigenvalue weighted by Crippen LogP contribution is -2.36. The van der Waals surface area contributed by atoms with Crippen LogP contribution in [0, 0.1) is 11.8 Å². The molecular weight excluding hydrogens is 250 g/mol. The molecule has 0 aromatic heterocycles. The van der Waals surface area contributed by atoms with Crippen LogP contribution in [0.4, 0.5) is 4.79 Å². The van der Waals surface area contributed by atoms with Gasteiger partial charge in [0.1, 0.15) is 5.60 Å². The molecule has 0 aromatic carbocycles. The second kappa shape index (κ2) is 6.23. The van der Waals surface area contributed by atoms with Gasteiger partial charge in [-0.25, -0.2) is 4.79 Å². The normalized spacial score (nSPS) is 23.3. The Morgan fingerprint density at radius 3 is 2.42 bits per heavy atom. The monoisotopic (exact) mass is 273 g/mol. The molecule has 1 fully saturated rings. The van der Waals surface area contributed by atoms with Crippen molar-refractivity contribution in [2.75, 3.05) is 26.3 Å². The Balaban J connectivity index is 2.66. The van der Waals surface area contributed by atoms with Gasteiger partial charge in [0.25, 0.3) is 0 Å². The first kappa shape index (κ1) is 15.8. The molecule has 0 spiro atoms. The maximum atomic E-state index is 11.9. The summed E-state index contributed by atoms with van der Waals surface area (Å²) < 4.78 is 10.2. The summed E-state index contributed by atoms with van der Waals surface area (Å²) in [7, 11) is 0. The Kier molecular flexibility index (Phi) is 5.17. The smallest absolute Gasteiger partial charge is 0.410 e. The van der Waals surface area contributed by atoms with Gasteiger partial charge in [0.15, 0.2) is 0 Å². The van der Waals surface area contributed by atoms with Crippen LogP contribution in [0.2, 0.25) is 0 Å². The lowest BCUT2D eigenvalue weighted by atomic mass is 9.97. The number of carbonyl (C=O) groups excluding carboxylic acids is 2. The Bertz CT molecular complexity index is 336. The number of nitrogens with zero attached hydrogens (tertiary/aromatic N) is 1. The molecule has 2 unspecified atom stereocenters. The van der Waals surface area contributed by atoms with Crippen LogP contribution in [0.15, 0.2) is 0 Å². The molecule has 0 saturated carbocycles. The Morgan fingerprint density at radius 2 is 1.95 bits per heavy atom. The van der Waals surface area contributed by atoms with Crippen molar-refractivity contribution in [3.63, 3.8) is 0 Å². The second-order valence-electron chi connectivity index (χ2n) is 5.69. The van der Waals surface area contributed by atoms with Crippen molar-refractivity contribution in [1.82, 2.24) is 4.90 Å². The second-order valence-corrected chi connectivity index (χ2v) is 5.69. The number of carbonyl (C=O) groups is 2. The minimum Gasteiger partial charge on any atom is -0.466 e. The largest absolute Gasteiger partial charge is 0.466 e. The fourth-order valence-electron chi connectivity index (χ4n) is 2.05. The minimum absolute atomic E-state index is 0.150. The zero-order valence-corrected chi connectivity index (χ0v) is 12.0. The Morgan fingerprint density at radius 1 is 1.32 bits per heavy atom. The predicted molar refractivity (Wildman–Crippen MR) is 68.5 cm³/mol. The van der Waals surface area contributed by atoms with E-state index in [0.29, 0.717) is 13.2 Å². The number of aliphatic hydroxyl groups excluding tert-OH is 1. The predicted octanol–water partition coefficient (Wildman–Crippen LogP) is 1.02. The highest BCUT2D eigenvalue weighted by Crippen LogP contribution is 2.26. The summed E-state index contributed by atoms with van der Waals surface area (Å²) in [6.07, 6.45) is -0.460. The summed E-state index contributed by atoms with van der Waals surface area (Å²) >= 11 is 0. The summed E-state index contributed by atoms with van der Waals surface area (Å²) in [5.74, 6) is -1.13. The first-order valence-electron chi connectivity index (χ1n) is 6.54. The fourth-order valence-corrected chi connectivity index (χ4v) is 2.05. The van der Waals surface area contributed by atoms with Gasteiger partial charge in [0.05, 0.1) is 12.5 Å². The van der Waals surface area contributed by atoms with Gasteiger partial charge in [0, 0.05) is 25.6 Å². The highest BCUT2D eigenvalue weighted by Gasteiger charge is 2.41. The number of amides is 1. The summed E-state index contributed by atoms with van der Waals surface area (Å²) in [6.45, 7) is 7.77. The van der Waals surface area contributed by atoms with Crippen molar-refractivity contribution in [3.8, 4) is 0 Å². The van der Waals surface area contributed by atoms with Gasteiger partial charge >= 0.3 is 12.1 Å². The summed E-state index contributed by atoms with van der Waals surface area (Å²) in [5.41, 5.74) is -0.576. The van der Waals surface area contributed by atoms with E-state index in [-0.39, 0.29) is 25.0 Å². The Labute approximate surface area is 113 Å². The SMILES string of the molecule is CCOC(=O)C1CN(C(=O)OC(C)(C)C)CC1CO. The number of ether oxygens (including phenoxy) is 2. The lowest BCUT2D eigenvalue weighted by Gasteiger charge is -2.24. The lowest BCUT2D eigenvalue weighted by molar-refractivity contribution is -0.149. The molecule has 1 N–H and O–H groups in total. The van der Waals surface area contributed by atoms with Gasteiger partial charge in [-0.1, -0.05) is 0 Å². The third-order valence-electron chi connectivity index (χ3n) is 2.92. The van der Waals surface area contributed by atoms with Gasteiger partial charge < -0.3 is 19.5 Å². The Hall–Kier alpha value is -1.30. The van der Waals surface area contributed by atoms with Crippen molar-refractivity contribution in [1.29, 1.82) is 0 Å². The van der Waals surface area contributed by atoms with E-state index in [4.69, 9.17) is 9.47 Å². The molecule has 1 aliphatic rings. The number of hydrogen-bond donors (Lipinski definition) is 1. The van der Waals surface area contributed by atoms with E-state index in [0.717, 1.165) is 0 Å². The molecule has 0 aromatic rings. The van der Waals surface area contributed by atoms with E-state index < -0.39 is 17.6 Å². The van der Waals surface area contributed by atoms with Crippen molar-refractivity contribution >= 4 is 12.1 Å². The van der Waals surface area contributed by atoms with Crippen LogP contribution in [0.25, 0.3) is 0 Å². The molecule has 1 saturated heterocycles. The van der Waals surface area contributed by atoms with E-state index in [2.05, 4.69) is 0 Å². The third kappa shape index (κ3) is 4.38. The topological polar surface area (TPSA) is 76.1 Å². The number of rotatable bonds is 3. The van der Waals surface area contributed by atoms with Crippen LogP contribution in [0.1, 0.15) is 27.7 Å². The zero-order valence-electron chi connectivity index (χ0n) is 12.0. The van der Waals surface area contributed by atoms with E-state index in [1.807, 2.05) is 0 Å². The molecule has 0 radical (unpaired) electrons. The number of likely N-dealkylation sites (tertiary alicyclic amines) is 1. The molecule has 0 aliphatic carbocycles. The van der Waals surface area contributed by atoms with Crippen LogP contribution in [0.5, 0.6) is 0 Å². The van der Waals surface area contributed by atoms with Gasteiger partial charge in [-0.3, -0.25) is 4.79 Å². The van der Waals surface area contributed by atoms with Crippen LogP contribution < -0.4 is 0 Å². The van der Waals surface area contributed by atoms with Crippen molar-refractivity contribution in [3.05, 3.63) is 0 Å². The highest BCUT2D eigenvalue weighted by molar-refractivity contribution is 5.76. The first-order chi connectivity index (χ1) is 8.78. The molecular formula is C13H23NO5. The highest BCUT2D eigenvalue weighted by atomic mass is 16.6. The molecule has 1 heterocycles. The van der Waals surface area contributed by atoms with Crippen LogP contribution in [-0.2, 0) is 14.3 Å². The molecule has 6 heteroatoms. The molecule has 2 atom stereocenters. The van der Waals surface area contributed by atoms with Crippen molar-refractivity contribution in [2.45, 2.75) is 33.3 Å². The zero-order chi connectivity index (χ0) is 14.6. The van der Waals surface area contributed by atoms with E-state index in [1.54, 1.807) is 27.7 Å². The van der Waals surface area contributed by atoms with Gasteiger partial charge in [-0.15, -0.1) is 0 Å². The van der Waals surface area contributed by atoms with Gasteiger partial charge in [-0.2, -0.15) is 0 Å². The molecule has 19 heavy (non-hydrogen) atoms. The standard InChI is InChI=1S/C13H23NO5/c1-5-18-11(16)10-7-14(6-9(10)8-15)12(17)19-13(2,3)4/h9-10,15H,5-8H2,1-4H3. The molecule has 110 valence electrons. The fraction of sp³-hybridized carbons (Fsp3) is 0.846. The maximum absolute atomic E-state index is 11.9. The van der Waals surface area contributed by atoms with Crippen LogP contribution in [0.3, 0.4) is 0 Å². The van der Waals surface area contributed by atoms with E-state index in [9.17, 15) is 14.7 Å². The van der Waals surface area contributed by atoms with Gasteiger partial charge in [-0.05, 0) is 27.7 Å². The molecule has 1 rings (SSSR count). The van der Waals surface area contributed by atoms with Crippen molar-refractivity contribution in [2.24, 2.45) is 11.8 Å². The molecule has 1 aliphatic heterocycles. The first-order valence-corrected chi connectivity index (χ1v) is 6.54. The number of esters is 1. The summed E-state index contributed by atoms with van der Waals surface area (Å²) in [5, 5.41) is 9.30. The summed E-state index contributed by atoms with van der Waals surface area (Å²) in [4.78, 5) is 25.1. The van der Waals surface area contributed by atoms with Crippen molar-refractivity contribution < 1.29 is 24.2 Å². The molecule has 0 bridgehead atoms. The third-order valence-corrected chi connectivity index (χ3v) is 2.92. The van der Waals surface area contributed by atoms with Crippen LogP contribution in [-0.4, -0.2) is 54.0 Å².